The van der Waals surface area contributed by atoms with E-state index in [4.69, 9.17) is 19.2 Å². The van der Waals surface area contributed by atoms with Gasteiger partial charge >= 0.3 is 5.97 Å². The van der Waals surface area contributed by atoms with Crippen molar-refractivity contribution >= 4 is 29.1 Å². The van der Waals surface area contributed by atoms with Gasteiger partial charge in [-0.25, -0.2) is 9.79 Å². The summed E-state index contributed by atoms with van der Waals surface area (Å²) in [4.78, 5) is 33.7. The molecule has 0 unspecified atom stereocenters. The van der Waals surface area contributed by atoms with Crippen molar-refractivity contribution in [1.29, 1.82) is 0 Å². The fourth-order valence-corrected chi connectivity index (χ4v) is 7.32. The summed E-state index contributed by atoms with van der Waals surface area (Å²) in [7, 11) is 3.12. The number of ether oxygens (including phenoxy) is 3. The normalized spacial score (nSPS) is 14.5. The van der Waals surface area contributed by atoms with E-state index in [9.17, 15) is 9.59 Å². The molecule has 6 rings (SSSR count). The first-order valence-electron chi connectivity index (χ1n) is 15.4. The van der Waals surface area contributed by atoms with Crippen molar-refractivity contribution < 1.29 is 19.0 Å². The van der Waals surface area contributed by atoms with Crippen molar-refractivity contribution in [2.45, 2.75) is 40.7 Å². The first kappa shape index (κ1) is 31.8. The molecule has 3 heterocycles. The van der Waals surface area contributed by atoms with Gasteiger partial charge in [-0.05, 0) is 93.3 Å². The predicted octanol–water partition coefficient (Wildman–Crippen LogP) is 5.98. The second-order valence-electron chi connectivity index (χ2n) is 11.6. The SMILES string of the molecule is CCOC(=O)C1=C(c2ccccc2)N=c2s/c(=C/c3cc(C)n(-c4cc(C)cc(C)c4)c3C)c(=O)n2[C@@H]1c1ccc(OC)c(OC)c1. The van der Waals surface area contributed by atoms with Crippen LogP contribution in [-0.2, 0) is 9.53 Å². The number of benzene rings is 3. The van der Waals surface area contributed by atoms with E-state index >= 15 is 0 Å². The molecule has 2 aromatic heterocycles. The number of rotatable bonds is 8. The zero-order valence-electron chi connectivity index (χ0n) is 27.6. The second kappa shape index (κ2) is 12.9. The Morgan fingerprint density at radius 2 is 1.62 bits per heavy atom. The van der Waals surface area contributed by atoms with Gasteiger partial charge in [0, 0.05) is 22.6 Å². The van der Waals surface area contributed by atoms with Crippen molar-refractivity contribution in [2.75, 3.05) is 20.8 Å². The van der Waals surface area contributed by atoms with Crippen LogP contribution in [0, 0.1) is 27.7 Å². The molecule has 0 spiro atoms. The highest BCUT2D eigenvalue weighted by molar-refractivity contribution is 7.07. The number of aromatic nitrogens is 2. The van der Waals surface area contributed by atoms with Crippen LogP contribution in [-0.4, -0.2) is 35.9 Å². The minimum absolute atomic E-state index is 0.170. The number of carbonyl (C=O) groups is 1. The Labute approximate surface area is 277 Å². The van der Waals surface area contributed by atoms with Gasteiger partial charge in [0.05, 0.1) is 42.7 Å². The second-order valence-corrected chi connectivity index (χ2v) is 12.6. The van der Waals surface area contributed by atoms with E-state index in [0.29, 0.717) is 32.1 Å². The van der Waals surface area contributed by atoms with E-state index in [1.807, 2.05) is 42.5 Å². The van der Waals surface area contributed by atoms with E-state index in [2.05, 4.69) is 56.5 Å². The summed E-state index contributed by atoms with van der Waals surface area (Å²) in [5.41, 5.74) is 8.36. The van der Waals surface area contributed by atoms with Gasteiger partial charge in [-0.15, -0.1) is 0 Å². The van der Waals surface area contributed by atoms with Crippen LogP contribution in [0.2, 0.25) is 0 Å². The molecule has 0 aliphatic carbocycles. The minimum Gasteiger partial charge on any atom is -0.493 e. The Bertz CT molecular complexity index is 2200. The van der Waals surface area contributed by atoms with Gasteiger partial charge in [-0.2, -0.15) is 0 Å². The molecule has 0 radical (unpaired) electrons. The zero-order chi connectivity index (χ0) is 33.4. The number of esters is 1. The lowest BCUT2D eigenvalue weighted by Crippen LogP contribution is -2.40. The van der Waals surface area contributed by atoms with Crippen LogP contribution in [0.4, 0.5) is 0 Å². The van der Waals surface area contributed by atoms with Gasteiger partial charge in [0.2, 0.25) is 0 Å². The highest BCUT2D eigenvalue weighted by atomic mass is 32.1. The Kier molecular flexibility index (Phi) is 8.75. The molecule has 1 atom stereocenters. The van der Waals surface area contributed by atoms with Gasteiger partial charge in [-0.1, -0.05) is 53.8 Å². The zero-order valence-corrected chi connectivity index (χ0v) is 28.4. The molecule has 1 aliphatic heterocycles. The molecule has 0 fully saturated rings. The maximum Gasteiger partial charge on any atom is 0.338 e. The van der Waals surface area contributed by atoms with Crippen LogP contribution in [0.1, 0.15) is 52.2 Å². The third kappa shape index (κ3) is 5.83. The third-order valence-corrected chi connectivity index (χ3v) is 9.30. The van der Waals surface area contributed by atoms with Crippen LogP contribution < -0.4 is 24.4 Å². The van der Waals surface area contributed by atoms with Gasteiger partial charge in [0.25, 0.3) is 5.56 Å². The molecule has 8 nitrogen and oxygen atoms in total. The summed E-state index contributed by atoms with van der Waals surface area (Å²) in [6, 6.07) is 22.7. The number of aryl methyl sites for hydroxylation is 3. The fraction of sp³-hybridized carbons (Fsp3) is 0.237. The summed E-state index contributed by atoms with van der Waals surface area (Å²) < 4.78 is 21.0. The number of hydrogen-bond donors (Lipinski definition) is 0. The van der Waals surface area contributed by atoms with Crippen molar-refractivity contribution in [1.82, 2.24) is 9.13 Å². The summed E-state index contributed by atoms with van der Waals surface area (Å²) in [5, 5.41) is 0. The van der Waals surface area contributed by atoms with Gasteiger partial charge in [-0.3, -0.25) is 9.36 Å². The smallest absolute Gasteiger partial charge is 0.338 e. The third-order valence-electron chi connectivity index (χ3n) is 8.32. The Balaban J connectivity index is 1.62. The average molecular weight is 648 g/mol. The Morgan fingerprint density at radius 1 is 0.915 bits per heavy atom. The minimum atomic E-state index is -0.829. The van der Waals surface area contributed by atoms with E-state index in [0.717, 1.165) is 28.2 Å². The van der Waals surface area contributed by atoms with Crippen molar-refractivity contribution in [2.24, 2.45) is 4.99 Å². The van der Waals surface area contributed by atoms with Gasteiger partial charge < -0.3 is 18.8 Å². The van der Waals surface area contributed by atoms with Crippen LogP contribution in [0.3, 0.4) is 0 Å². The molecular formula is C38H37N3O5S. The predicted molar refractivity (Wildman–Crippen MR) is 185 cm³/mol. The summed E-state index contributed by atoms with van der Waals surface area (Å²) >= 11 is 1.30. The summed E-state index contributed by atoms with van der Waals surface area (Å²) in [6.45, 7) is 10.2. The molecule has 47 heavy (non-hydrogen) atoms. The lowest BCUT2D eigenvalue weighted by atomic mass is 9.93. The van der Waals surface area contributed by atoms with Crippen LogP contribution in [0.15, 0.2) is 88.2 Å². The van der Waals surface area contributed by atoms with Crippen molar-refractivity contribution in [3.63, 3.8) is 0 Å². The lowest BCUT2D eigenvalue weighted by molar-refractivity contribution is -0.138. The molecule has 1 aliphatic rings. The first-order valence-corrected chi connectivity index (χ1v) is 16.2. The van der Waals surface area contributed by atoms with E-state index in [-0.39, 0.29) is 17.7 Å². The lowest BCUT2D eigenvalue weighted by Gasteiger charge is -2.26. The highest BCUT2D eigenvalue weighted by Gasteiger charge is 2.35. The van der Waals surface area contributed by atoms with Crippen LogP contribution >= 0.6 is 11.3 Å². The van der Waals surface area contributed by atoms with E-state index in [1.165, 1.54) is 22.5 Å². The number of thiazole rings is 1. The van der Waals surface area contributed by atoms with Gasteiger partial charge in [0.1, 0.15) is 0 Å². The maximum absolute atomic E-state index is 14.5. The van der Waals surface area contributed by atoms with Crippen molar-refractivity contribution in [3.05, 3.63) is 137 Å². The Morgan fingerprint density at radius 3 is 2.28 bits per heavy atom. The van der Waals surface area contributed by atoms with E-state index in [1.54, 1.807) is 37.8 Å². The first-order chi connectivity index (χ1) is 22.6. The Hall–Kier alpha value is -5.15. The molecule has 9 heteroatoms. The topological polar surface area (TPSA) is 84.1 Å². The monoisotopic (exact) mass is 647 g/mol. The molecule has 3 aromatic carbocycles. The molecule has 240 valence electrons. The van der Waals surface area contributed by atoms with Crippen LogP contribution in [0.5, 0.6) is 11.5 Å². The fourth-order valence-electron chi connectivity index (χ4n) is 6.33. The standard InChI is InChI=1S/C38H37N3O5S/c1-8-46-37(43)33-34(26-12-10-9-11-13-26)39-38-41(35(33)27-14-15-30(44-6)31(20-27)45-7)36(42)32(47-38)21-28-19-24(4)40(25(28)5)29-17-22(2)16-23(3)18-29/h9-21,35H,8H2,1-7H3/b32-21+/t35-/m1/s1. The summed E-state index contributed by atoms with van der Waals surface area (Å²) in [6.07, 6.45) is 1.92. The number of carbonyl (C=O) groups excluding carboxylic acids is 1. The molecule has 5 aromatic rings. The number of hydrogen-bond acceptors (Lipinski definition) is 7. The highest BCUT2D eigenvalue weighted by Crippen LogP contribution is 2.38. The van der Waals surface area contributed by atoms with E-state index < -0.39 is 12.0 Å². The molecule has 0 saturated carbocycles. The molecule has 0 saturated heterocycles. The number of nitrogens with zero attached hydrogens (tertiary/aromatic N) is 3. The van der Waals surface area contributed by atoms with Gasteiger partial charge in [0.15, 0.2) is 16.3 Å². The molecular weight excluding hydrogens is 611 g/mol. The number of fused-ring (bicyclic) bond motifs is 1. The van der Waals surface area contributed by atoms with Crippen LogP contribution in [0.25, 0.3) is 17.5 Å². The molecule has 0 bridgehead atoms. The maximum atomic E-state index is 14.5. The molecule has 0 N–H and O–H groups in total. The molecule has 0 amide bonds. The van der Waals surface area contributed by atoms with Crippen molar-refractivity contribution in [3.8, 4) is 17.2 Å². The largest absolute Gasteiger partial charge is 0.493 e. The average Bonchev–Trinajstić information content (AvgIpc) is 3.52. The quantitative estimate of drug-likeness (QED) is 0.194. The number of methoxy groups -OCH3 is 2. The summed E-state index contributed by atoms with van der Waals surface area (Å²) in [5.74, 6) is 0.473.